The lowest BCUT2D eigenvalue weighted by Gasteiger charge is -2.59. The smallest absolute Gasteiger partial charge is 0.335 e. The molecular weight excluding hydrogens is 560 g/mol. The molecule has 1 spiro atoms. The minimum absolute atomic E-state index is 0.0562. The zero-order chi connectivity index (χ0) is 30.9. The monoisotopic (exact) mass is 600 g/mol. The number of ether oxygens (including phenoxy) is 6. The number of epoxide rings is 1. The predicted molar refractivity (Wildman–Crippen MR) is 137 cm³/mol. The number of aliphatic hydroxyl groups excluding tert-OH is 4. The van der Waals surface area contributed by atoms with Crippen molar-refractivity contribution in [2.75, 3.05) is 13.2 Å². The van der Waals surface area contributed by atoms with E-state index in [0.717, 1.165) is 0 Å². The number of fused-ring (bicyclic) bond motifs is 2. The van der Waals surface area contributed by atoms with Crippen molar-refractivity contribution < 1.29 is 68.3 Å². The summed E-state index contributed by atoms with van der Waals surface area (Å²) in [6, 6.07) is 0. The van der Waals surface area contributed by atoms with Crippen LogP contribution in [0, 0.1) is 16.7 Å². The molecule has 14 nitrogen and oxygen atoms in total. The molecule has 3 heterocycles. The highest BCUT2D eigenvalue weighted by Gasteiger charge is 2.86. The number of hydrogen-bond acceptors (Lipinski definition) is 13. The third-order valence-corrected chi connectivity index (χ3v) is 9.80. The second-order valence-corrected chi connectivity index (χ2v) is 12.8. The molecule has 1 saturated carbocycles. The lowest BCUT2D eigenvalue weighted by atomic mass is 9.51. The van der Waals surface area contributed by atoms with Crippen LogP contribution in [0.2, 0.25) is 0 Å². The Labute approximate surface area is 242 Å². The highest BCUT2D eigenvalue weighted by molar-refractivity contribution is 5.73. The molecule has 236 valence electrons. The Morgan fingerprint density at radius 3 is 2.31 bits per heavy atom. The number of esters is 2. The highest BCUT2D eigenvalue weighted by atomic mass is 16.7. The first kappa shape index (κ1) is 31.3. The molecule has 5 N–H and O–H groups in total. The van der Waals surface area contributed by atoms with Gasteiger partial charge in [0.25, 0.3) is 0 Å². The summed E-state index contributed by atoms with van der Waals surface area (Å²) in [6.07, 6.45) is -12.4. The highest BCUT2D eigenvalue weighted by Crippen LogP contribution is 2.72. The topological polar surface area (TPSA) is 211 Å². The summed E-state index contributed by atoms with van der Waals surface area (Å²) in [6.45, 7) is 8.50. The van der Waals surface area contributed by atoms with Crippen molar-refractivity contribution in [3.63, 3.8) is 0 Å². The molecule has 4 fully saturated rings. The van der Waals surface area contributed by atoms with Gasteiger partial charge in [0.2, 0.25) is 0 Å². The number of aliphatic carboxylic acids is 1. The molecule has 5 aliphatic rings. The first-order chi connectivity index (χ1) is 19.6. The van der Waals surface area contributed by atoms with Crippen LogP contribution in [-0.4, -0.2) is 123 Å². The fraction of sp³-hybridized carbons (Fsp3) is 0.821. The SMILES string of the molecule is CC(=O)OC[C@]12CC(OC(=O)CC(C)C)C(C)=C[C@H]1O[C@@H]1C(O)C(OC3O[C@H](C(=O)O)[C@@H](O)[C@H](O)[C@H]3O)[C@@]2(C)[C@]12CO2. The van der Waals surface area contributed by atoms with Crippen LogP contribution in [-0.2, 0) is 42.8 Å². The van der Waals surface area contributed by atoms with Crippen molar-refractivity contribution in [2.45, 2.75) is 114 Å². The fourth-order valence-electron chi connectivity index (χ4n) is 7.42. The average Bonchev–Trinajstić information content (AvgIpc) is 3.68. The van der Waals surface area contributed by atoms with Gasteiger partial charge in [-0.25, -0.2) is 4.79 Å². The molecule has 3 saturated heterocycles. The summed E-state index contributed by atoms with van der Waals surface area (Å²) in [5.74, 6) is -2.52. The normalized spacial score (nSPS) is 47.5. The second kappa shape index (κ2) is 10.8. The van der Waals surface area contributed by atoms with Crippen molar-refractivity contribution >= 4 is 17.9 Å². The molecule has 0 amide bonds. The summed E-state index contributed by atoms with van der Waals surface area (Å²) in [4.78, 5) is 36.6. The molecule has 5 rings (SSSR count). The maximum atomic E-state index is 12.7. The van der Waals surface area contributed by atoms with E-state index in [-0.39, 0.29) is 32.0 Å². The zero-order valence-electron chi connectivity index (χ0n) is 24.2. The lowest BCUT2D eigenvalue weighted by molar-refractivity contribution is -0.325. The van der Waals surface area contributed by atoms with E-state index < -0.39 is 95.6 Å². The summed E-state index contributed by atoms with van der Waals surface area (Å²) in [5.41, 5.74) is -2.89. The summed E-state index contributed by atoms with van der Waals surface area (Å²) in [7, 11) is 0. The molecule has 13 atom stereocenters. The van der Waals surface area contributed by atoms with E-state index >= 15 is 0 Å². The Morgan fingerprint density at radius 2 is 1.74 bits per heavy atom. The van der Waals surface area contributed by atoms with E-state index in [2.05, 4.69) is 0 Å². The Hall–Kier alpha value is -2.17. The molecule has 2 aliphatic carbocycles. The molecule has 0 aromatic carbocycles. The summed E-state index contributed by atoms with van der Waals surface area (Å²) < 4.78 is 35.5. The van der Waals surface area contributed by atoms with Gasteiger partial charge >= 0.3 is 17.9 Å². The van der Waals surface area contributed by atoms with Crippen molar-refractivity contribution in [3.05, 3.63) is 11.6 Å². The standard InChI is InChI=1S/C28H40O14/c1-11(2)6-16(30)39-14-8-27(9-37-13(4)29)15(7-12(14)3)40-23-20(34)22(26(27,5)28(23)10-38-28)42-25-19(33)17(31)18(32)21(41-25)24(35)36/h7,11,14-15,17-23,25,31-34H,6,8-10H2,1-5H3,(H,35,36)/t14?,15-,17+,18+,19-,20?,21+,22?,23-,25?,26-,27-,28+/m1/s1. The molecule has 0 radical (unpaired) electrons. The summed E-state index contributed by atoms with van der Waals surface area (Å²) >= 11 is 0. The van der Waals surface area contributed by atoms with Crippen molar-refractivity contribution in [3.8, 4) is 0 Å². The number of rotatable bonds is 8. The predicted octanol–water partition coefficient (Wildman–Crippen LogP) is -0.962. The Kier molecular flexibility index (Phi) is 8.02. The molecule has 3 aliphatic heterocycles. The van der Waals surface area contributed by atoms with Gasteiger partial charge in [0.05, 0.1) is 18.8 Å². The van der Waals surface area contributed by atoms with Crippen LogP contribution < -0.4 is 0 Å². The van der Waals surface area contributed by atoms with Crippen molar-refractivity contribution in [1.29, 1.82) is 0 Å². The fourth-order valence-corrected chi connectivity index (χ4v) is 7.42. The third kappa shape index (κ3) is 4.58. The van der Waals surface area contributed by atoms with E-state index in [0.29, 0.717) is 5.57 Å². The minimum Gasteiger partial charge on any atom is -0.479 e. The molecule has 14 heteroatoms. The van der Waals surface area contributed by atoms with Gasteiger partial charge in [-0.05, 0) is 18.4 Å². The van der Waals surface area contributed by atoms with E-state index in [1.165, 1.54) is 6.92 Å². The van der Waals surface area contributed by atoms with E-state index in [9.17, 15) is 39.9 Å². The summed E-state index contributed by atoms with van der Waals surface area (Å²) in [5, 5.41) is 52.4. The molecule has 0 aromatic rings. The maximum absolute atomic E-state index is 12.7. The van der Waals surface area contributed by atoms with Crippen LogP contribution in [0.15, 0.2) is 11.6 Å². The van der Waals surface area contributed by atoms with Gasteiger partial charge in [-0.3, -0.25) is 9.59 Å². The molecule has 4 unspecified atom stereocenters. The van der Waals surface area contributed by atoms with E-state index in [1.54, 1.807) is 19.9 Å². The van der Waals surface area contributed by atoms with Gasteiger partial charge in [0, 0.05) is 30.6 Å². The first-order valence-corrected chi connectivity index (χ1v) is 14.2. The molecule has 2 bridgehead atoms. The quantitative estimate of drug-likeness (QED) is 0.129. The Bertz CT molecular complexity index is 1130. The van der Waals surface area contributed by atoms with Crippen LogP contribution in [0.3, 0.4) is 0 Å². The maximum Gasteiger partial charge on any atom is 0.335 e. The number of aliphatic hydroxyl groups is 4. The minimum atomic E-state index is -1.94. The lowest BCUT2D eigenvalue weighted by Crippen LogP contribution is -2.68. The van der Waals surface area contributed by atoms with Crippen LogP contribution in [0.5, 0.6) is 0 Å². The van der Waals surface area contributed by atoms with Gasteiger partial charge < -0.3 is 54.0 Å². The van der Waals surface area contributed by atoms with Crippen molar-refractivity contribution in [2.24, 2.45) is 16.7 Å². The van der Waals surface area contributed by atoms with Gasteiger partial charge in [-0.2, -0.15) is 0 Å². The largest absolute Gasteiger partial charge is 0.479 e. The van der Waals surface area contributed by atoms with Crippen molar-refractivity contribution in [1.82, 2.24) is 0 Å². The first-order valence-electron chi connectivity index (χ1n) is 14.2. The second-order valence-electron chi connectivity index (χ2n) is 12.8. The Morgan fingerprint density at radius 1 is 1.07 bits per heavy atom. The number of carboxylic acids is 1. The molecule has 42 heavy (non-hydrogen) atoms. The van der Waals surface area contributed by atoms with Gasteiger partial charge in [0.1, 0.15) is 48.8 Å². The number of carbonyl (C=O) groups excluding carboxylic acids is 2. The zero-order valence-corrected chi connectivity index (χ0v) is 24.2. The molecule has 0 aromatic heterocycles. The van der Waals surface area contributed by atoms with Crippen LogP contribution in [0.4, 0.5) is 0 Å². The van der Waals surface area contributed by atoms with Gasteiger partial charge in [-0.15, -0.1) is 0 Å². The van der Waals surface area contributed by atoms with E-state index in [4.69, 9.17) is 28.4 Å². The Balaban J connectivity index is 1.56. The average molecular weight is 601 g/mol. The van der Waals surface area contributed by atoms with Gasteiger partial charge in [-0.1, -0.05) is 26.8 Å². The van der Waals surface area contributed by atoms with Crippen LogP contribution in [0.25, 0.3) is 0 Å². The number of hydrogen-bond donors (Lipinski definition) is 5. The number of carbonyl (C=O) groups is 3. The van der Waals surface area contributed by atoms with Crippen LogP contribution in [0.1, 0.15) is 47.5 Å². The third-order valence-electron chi connectivity index (χ3n) is 9.80. The number of carboxylic acid groups (broad SMARTS) is 1. The van der Waals surface area contributed by atoms with E-state index in [1.807, 2.05) is 13.8 Å². The van der Waals surface area contributed by atoms with Gasteiger partial charge in [0.15, 0.2) is 12.4 Å². The van der Waals surface area contributed by atoms with Crippen LogP contribution >= 0.6 is 0 Å². The molecular formula is C28H40O14.